The van der Waals surface area contributed by atoms with Gasteiger partial charge in [0.15, 0.2) is 0 Å². The van der Waals surface area contributed by atoms with Crippen LogP contribution in [-0.4, -0.2) is 18.2 Å². The van der Waals surface area contributed by atoms with Crippen molar-refractivity contribution in [3.63, 3.8) is 0 Å². The standard InChI is InChI=1S/C9H10N2O2/c12-6-10-8-2-1-3-9(5-4-8)11-7-13/h4,9H,1-3,5H2. The van der Waals surface area contributed by atoms with Gasteiger partial charge in [-0.25, -0.2) is 14.6 Å². The first-order valence-corrected chi connectivity index (χ1v) is 4.20. The zero-order valence-electron chi connectivity index (χ0n) is 7.19. The first kappa shape index (κ1) is 9.59. The van der Waals surface area contributed by atoms with Crippen molar-refractivity contribution in [1.82, 2.24) is 0 Å². The molecule has 0 N–H and O–H groups in total. The molecule has 0 aromatic rings. The van der Waals surface area contributed by atoms with E-state index in [0.717, 1.165) is 25.0 Å². The van der Waals surface area contributed by atoms with E-state index in [0.29, 0.717) is 6.42 Å². The summed E-state index contributed by atoms with van der Waals surface area (Å²) in [5.74, 6) is 0. The van der Waals surface area contributed by atoms with Crippen LogP contribution in [0.2, 0.25) is 0 Å². The lowest BCUT2D eigenvalue weighted by atomic mass is 10.1. The monoisotopic (exact) mass is 178 g/mol. The number of hydrogen-bond donors (Lipinski definition) is 0. The van der Waals surface area contributed by atoms with Gasteiger partial charge in [0, 0.05) is 5.70 Å². The molecule has 0 saturated heterocycles. The van der Waals surface area contributed by atoms with Crippen LogP contribution in [0.25, 0.3) is 0 Å². The average Bonchev–Trinajstić information content (AvgIpc) is 2.33. The largest absolute Gasteiger partial charge is 0.240 e. The minimum Gasteiger partial charge on any atom is -0.211 e. The van der Waals surface area contributed by atoms with Crippen molar-refractivity contribution < 1.29 is 9.59 Å². The van der Waals surface area contributed by atoms with E-state index in [1.807, 2.05) is 6.08 Å². The molecule has 0 saturated carbocycles. The molecule has 0 radical (unpaired) electrons. The summed E-state index contributed by atoms with van der Waals surface area (Å²) in [5.41, 5.74) is 0.749. The van der Waals surface area contributed by atoms with E-state index in [1.54, 1.807) is 6.08 Å². The van der Waals surface area contributed by atoms with Gasteiger partial charge in [-0.1, -0.05) is 6.08 Å². The van der Waals surface area contributed by atoms with Crippen LogP contribution in [-0.2, 0) is 9.59 Å². The van der Waals surface area contributed by atoms with E-state index in [-0.39, 0.29) is 6.04 Å². The number of hydrogen-bond acceptors (Lipinski definition) is 4. The molecule has 0 bridgehead atoms. The molecule has 0 aliphatic heterocycles. The summed E-state index contributed by atoms with van der Waals surface area (Å²) in [6, 6.07) is 0.0110. The lowest BCUT2D eigenvalue weighted by Crippen LogP contribution is -1.99. The molecule has 0 aromatic heterocycles. The molecular weight excluding hydrogens is 168 g/mol. The van der Waals surface area contributed by atoms with Crippen molar-refractivity contribution in [2.45, 2.75) is 31.7 Å². The maximum atomic E-state index is 9.99. The van der Waals surface area contributed by atoms with Gasteiger partial charge in [-0.05, 0) is 25.7 Å². The Balaban J connectivity index is 2.64. The Morgan fingerprint density at radius 3 is 2.92 bits per heavy atom. The Labute approximate surface area is 76.1 Å². The van der Waals surface area contributed by atoms with Crippen LogP contribution in [0, 0.1) is 0 Å². The lowest BCUT2D eigenvalue weighted by Gasteiger charge is -2.01. The molecule has 68 valence electrons. The normalized spacial score (nSPS) is 21.8. The first-order valence-electron chi connectivity index (χ1n) is 4.20. The van der Waals surface area contributed by atoms with E-state index < -0.39 is 0 Å². The zero-order valence-corrected chi connectivity index (χ0v) is 7.19. The molecule has 4 heteroatoms. The van der Waals surface area contributed by atoms with Gasteiger partial charge in [-0.15, -0.1) is 0 Å². The van der Waals surface area contributed by atoms with Gasteiger partial charge >= 0.3 is 0 Å². The van der Waals surface area contributed by atoms with E-state index >= 15 is 0 Å². The van der Waals surface area contributed by atoms with Gasteiger partial charge in [0.25, 0.3) is 0 Å². The molecule has 1 atom stereocenters. The van der Waals surface area contributed by atoms with Crippen molar-refractivity contribution in [2.24, 2.45) is 9.98 Å². The third-order valence-electron chi connectivity index (χ3n) is 2.02. The maximum absolute atomic E-state index is 9.99. The molecule has 0 spiro atoms. The van der Waals surface area contributed by atoms with E-state index in [1.165, 1.54) is 6.08 Å². The predicted octanol–water partition coefficient (Wildman–Crippen LogP) is 1.48. The van der Waals surface area contributed by atoms with Crippen molar-refractivity contribution in [3.8, 4) is 0 Å². The summed E-state index contributed by atoms with van der Waals surface area (Å²) in [6.45, 7) is 0. The van der Waals surface area contributed by atoms with Crippen LogP contribution in [0.4, 0.5) is 0 Å². The highest BCUT2D eigenvalue weighted by atomic mass is 16.1. The summed E-state index contributed by atoms with van der Waals surface area (Å²) in [6.07, 6.45) is 8.07. The lowest BCUT2D eigenvalue weighted by molar-refractivity contribution is 0.547. The van der Waals surface area contributed by atoms with Gasteiger partial charge in [0.05, 0.1) is 6.04 Å². The molecule has 0 heterocycles. The molecule has 1 aliphatic rings. The summed E-state index contributed by atoms with van der Waals surface area (Å²) in [7, 11) is 0. The number of isocyanates is 2. The van der Waals surface area contributed by atoms with Crippen LogP contribution in [0.1, 0.15) is 25.7 Å². The van der Waals surface area contributed by atoms with Gasteiger partial charge in [0.1, 0.15) is 0 Å². The minimum atomic E-state index is 0.0110. The topological polar surface area (TPSA) is 58.9 Å². The van der Waals surface area contributed by atoms with E-state index in [9.17, 15) is 9.59 Å². The fraction of sp³-hybridized carbons (Fsp3) is 0.556. The number of rotatable bonds is 2. The first-order chi connectivity index (χ1) is 6.36. The molecule has 0 fully saturated rings. The Morgan fingerprint density at radius 1 is 1.38 bits per heavy atom. The fourth-order valence-corrected chi connectivity index (χ4v) is 1.36. The number of allylic oxidation sites excluding steroid dienone is 1. The summed E-state index contributed by atoms with van der Waals surface area (Å²) >= 11 is 0. The SMILES string of the molecule is O=C=NC1=CCC(N=C=O)CCC1. The smallest absolute Gasteiger partial charge is 0.211 e. The minimum absolute atomic E-state index is 0.0110. The van der Waals surface area contributed by atoms with Gasteiger partial charge in [-0.3, -0.25) is 0 Å². The van der Waals surface area contributed by atoms with Crippen molar-refractivity contribution >= 4 is 12.2 Å². The van der Waals surface area contributed by atoms with Crippen LogP contribution in [0.15, 0.2) is 21.8 Å². The molecule has 1 aliphatic carbocycles. The quantitative estimate of drug-likeness (QED) is 0.475. The number of carbonyl (C=O) groups excluding carboxylic acids is 2. The third-order valence-corrected chi connectivity index (χ3v) is 2.02. The highest BCUT2D eigenvalue weighted by Gasteiger charge is 2.10. The molecule has 1 rings (SSSR count). The van der Waals surface area contributed by atoms with Gasteiger partial charge < -0.3 is 0 Å². The molecule has 0 aromatic carbocycles. The van der Waals surface area contributed by atoms with Crippen LogP contribution < -0.4 is 0 Å². The Kier molecular flexibility index (Phi) is 3.83. The molecule has 0 amide bonds. The Bertz CT molecular complexity index is 297. The van der Waals surface area contributed by atoms with Crippen molar-refractivity contribution in [3.05, 3.63) is 11.8 Å². The molecule has 1 unspecified atom stereocenters. The second-order valence-corrected chi connectivity index (χ2v) is 2.90. The van der Waals surface area contributed by atoms with Crippen LogP contribution in [0.3, 0.4) is 0 Å². The van der Waals surface area contributed by atoms with Gasteiger partial charge in [0.2, 0.25) is 12.2 Å². The Hall–Kier alpha value is -1.50. The molecular formula is C9H10N2O2. The van der Waals surface area contributed by atoms with Crippen LogP contribution >= 0.6 is 0 Å². The van der Waals surface area contributed by atoms with E-state index in [4.69, 9.17) is 0 Å². The number of aliphatic imine (C=N–C) groups is 2. The zero-order chi connectivity index (χ0) is 9.52. The summed E-state index contributed by atoms with van der Waals surface area (Å²) < 4.78 is 0. The van der Waals surface area contributed by atoms with E-state index in [2.05, 4.69) is 9.98 Å². The fourth-order valence-electron chi connectivity index (χ4n) is 1.36. The Morgan fingerprint density at radius 2 is 2.23 bits per heavy atom. The second kappa shape index (κ2) is 5.20. The molecule has 13 heavy (non-hydrogen) atoms. The van der Waals surface area contributed by atoms with Crippen molar-refractivity contribution in [1.29, 1.82) is 0 Å². The average molecular weight is 178 g/mol. The molecule has 4 nitrogen and oxygen atoms in total. The van der Waals surface area contributed by atoms with Crippen LogP contribution in [0.5, 0.6) is 0 Å². The predicted molar refractivity (Wildman–Crippen MR) is 46.6 cm³/mol. The third kappa shape index (κ3) is 3.16. The highest BCUT2D eigenvalue weighted by Crippen LogP contribution is 2.19. The van der Waals surface area contributed by atoms with Crippen molar-refractivity contribution in [2.75, 3.05) is 0 Å². The summed E-state index contributed by atoms with van der Waals surface area (Å²) in [4.78, 5) is 27.2. The summed E-state index contributed by atoms with van der Waals surface area (Å²) in [5, 5.41) is 0. The maximum Gasteiger partial charge on any atom is 0.240 e. The van der Waals surface area contributed by atoms with Gasteiger partial charge in [-0.2, -0.15) is 4.99 Å². The second-order valence-electron chi connectivity index (χ2n) is 2.90. The number of nitrogens with zero attached hydrogens (tertiary/aromatic N) is 2. The highest BCUT2D eigenvalue weighted by molar-refractivity contribution is 5.37.